The van der Waals surface area contributed by atoms with Crippen LogP contribution in [0.15, 0.2) is 130 Å². The average molecular weight is 1540 g/mol. The lowest BCUT2D eigenvalue weighted by molar-refractivity contribution is -0.145. The van der Waals surface area contributed by atoms with E-state index in [1.807, 2.05) is 107 Å². The number of nitriles is 1. The van der Waals surface area contributed by atoms with Crippen LogP contribution in [0.4, 0.5) is 16.4 Å². The summed E-state index contributed by atoms with van der Waals surface area (Å²) in [6.07, 6.45) is 1.62. The van der Waals surface area contributed by atoms with Crippen molar-refractivity contribution >= 4 is 77.3 Å². The fraction of sp³-hybridized carbons (Fsp3) is 0.474. The zero-order valence-corrected chi connectivity index (χ0v) is 66.5. The molecular weight excluding hydrogens is 1440 g/mol. The molecule has 3 aromatic heterocycles. The SMILES string of the molecule is COc1ccc(C(OC[C@H]2O[C@@H](n3cc(C(=O)NCCCCCCNC(=O)CC[C@H](NC(=O)c4ccc(NCc5cnc6nc(NC(=O)OCC[Si](C)(C)C)[nH]c(=O)c6n5)cc4)C(=O)OCC[Si](C)(C)C)c(=O)[nH]c3=O)C[C@@H]2OP(OCCC#N)N(C(C)C)C(C)C)(c2ccccc2)c2ccc(OC)cc2)cc1. The molecule has 1 unspecified atom stereocenters. The third kappa shape index (κ3) is 24.5. The van der Waals surface area contributed by atoms with Gasteiger partial charge in [-0.15, -0.1) is 0 Å². The van der Waals surface area contributed by atoms with E-state index < -0.39 is 95.4 Å². The van der Waals surface area contributed by atoms with Crippen molar-refractivity contribution in [2.24, 2.45) is 0 Å². The van der Waals surface area contributed by atoms with Crippen LogP contribution >= 0.6 is 8.53 Å². The molecule has 1 aliphatic heterocycles. The van der Waals surface area contributed by atoms with Gasteiger partial charge >= 0.3 is 17.8 Å². The number of anilines is 2. The molecule has 4 amide bonds. The quantitative estimate of drug-likeness (QED) is 0.00615. The molecule has 0 saturated carbocycles. The number of aromatic nitrogens is 6. The first-order valence-electron chi connectivity index (χ1n) is 36.4. The normalized spacial score (nSPS) is 15.1. The highest BCUT2D eigenvalue weighted by Gasteiger charge is 2.46. The minimum absolute atomic E-state index is 0.0236. The van der Waals surface area contributed by atoms with Crippen LogP contribution in [0, 0.1) is 11.3 Å². The zero-order chi connectivity index (χ0) is 78.1. The first-order chi connectivity index (χ1) is 51.6. The number of esters is 1. The standard InChI is InChI=1S/C76H102N13O16PSi2/c1-50(2)89(51(3)4)106(103-40-20-37-77)105-62-45-65(104-63(62)49-102-76(53-21-16-15-17-22-53,54-25-31-58(98-5)32-26-54)55-27-33-59(99-6)34-28-55)88-48-60(70(93)86-74(88)96)69(92)79-39-19-14-13-18-38-78-64(90)36-35-61(72(95)100-41-43-107(7,8)9)83-68(91)52-23-29-56(30-24-52)80-46-57-47-81-67-66(82-57)71(94)85-73(84-67)87-75(97)101-42-44-108(10,11)12/h15-17,21-34,47-48,50-51,61-63,65,80H,13-14,18-20,35-36,38-46,49H2,1-12H3,(H,78,90)(H,79,92)(H,83,91)(H,86,93,96)(H2,81,84,85,87,94,97)/t61-,62-,63+,65+,106?/m0/s1. The molecule has 0 spiro atoms. The molecule has 580 valence electrons. The Morgan fingerprint density at radius 1 is 0.741 bits per heavy atom. The van der Waals surface area contributed by atoms with Crippen LogP contribution in [0.3, 0.4) is 0 Å². The first kappa shape index (κ1) is 84.1. The number of unbranched alkanes of at least 4 members (excludes halogenated alkanes) is 3. The van der Waals surface area contributed by atoms with Crippen LogP contribution in [0.25, 0.3) is 11.2 Å². The number of hydrogen-bond donors (Lipinski definition) is 7. The van der Waals surface area contributed by atoms with E-state index in [2.05, 4.69) is 102 Å². The second kappa shape index (κ2) is 40.1. The number of carbonyl (C=O) groups is 5. The van der Waals surface area contributed by atoms with Crippen molar-refractivity contribution in [1.82, 2.24) is 50.1 Å². The summed E-state index contributed by atoms with van der Waals surface area (Å²) in [5.74, 6) is -1.09. The number of nitrogens with zero attached hydrogens (tertiary/aromatic N) is 6. The lowest BCUT2D eigenvalue weighted by Crippen LogP contribution is -2.43. The van der Waals surface area contributed by atoms with Crippen LogP contribution in [0.1, 0.15) is 128 Å². The van der Waals surface area contributed by atoms with Crippen molar-refractivity contribution in [3.8, 4) is 17.6 Å². The van der Waals surface area contributed by atoms with Gasteiger partial charge < -0.3 is 58.7 Å². The van der Waals surface area contributed by atoms with Gasteiger partial charge in [0.1, 0.15) is 41.0 Å². The van der Waals surface area contributed by atoms with Gasteiger partial charge in [-0.2, -0.15) is 10.2 Å². The highest BCUT2D eigenvalue weighted by atomic mass is 31.2. The van der Waals surface area contributed by atoms with Gasteiger partial charge in [-0.3, -0.25) is 43.8 Å². The Balaban J connectivity index is 0.849. The number of H-pyrrole nitrogens is 2. The van der Waals surface area contributed by atoms with Crippen molar-refractivity contribution in [2.45, 2.75) is 179 Å². The summed E-state index contributed by atoms with van der Waals surface area (Å²) in [4.78, 5) is 125. The molecule has 7 N–H and O–H groups in total. The number of carbonyl (C=O) groups excluding carboxylic acids is 5. The summed E-state index contributed by atoms with van der Waals surface area (Å²) >= 11 is 0. The van der Waals surface area contributed by atoms with E-state index in [9.17, 15) is 43.6 Å². The molecule has 1 saturated heterocycles. The lowest BCUT2D eigenvalue weighted by atomic mass is 9.80. The third-order valence-corrected chi connectivity index (χ3v) is 23.2. The van der Waals surface area contributed by atoms with E-state index in [0.29, 0.717) is 61.2 Å². The van der Waals surface area contributed by atoms with Gasteiger partial charge in [-0.1, -0.05) is 107 Å². The summed E-state index contributed by atoms with van der Waals surface area (Å²) in [7, 11) is -1.68. The summed E-state index contributed by atoms with van der Waals surface area (Å²) in [5.41, 5.74) is -0.326. The summed E-state index contributed by atoms with van der Waals surface area (Å²) in [6, 6.07) is 33.8. The van der Waals surface area contributed by atoms with Gasteiger partial charge in [0.05, 0.1) is 77.7 Å². The monoisotopic (exact) mass is 1540 g/mol. The smallest absolute Gasteiger partial charge is 0.413 e. The van der Waals surface area contributed by atoms with Crippen molar-refractivity contribution in [2.75, 3.05) is 64.4 Å². The highest BCUT2D eigenvalue weighted by molar-refractivity contribution is 7.44. The van der Waals surface area contributed by atoms with Gasteiger partial charge in [0.2, 0.25) is 11.9 Å². The number of rotatable bonds is 41. The Morgan fingerprint density at radius 3 is 1.95 bits per heavy atom. The molecule has 0 aliphatic carbocycles. The fourth-order valence-electron chi connectivity index (χ4n) is 11.8. The maximum Gasteiger partial charge on any atom is 0.413 e. The van der Waals surface area contributed by atoms with E-state index >= 15 is 0 Å². The van der Waals surface area contributed by atoms with Gasteiger partial charge in [0.15, 0.2) is 11.2 Å². The van der Waals surface area contributed by atoms with E-state index in [-0.39, 0.29) is 111 Å². The van der Waals surface area contributed by atoms with E-state index in [1.165, 1.54) is 17.0 Å². The molecule has 4 heterocycles. The molecule has 7 aromatic rings. The van der Waals surface area contributed by atoms with Crippen LogP contribution in [-0.2, 0) is 49.7 Å². The summed E-state index contributed by atoms with van der Waals surface area (Å²) in [5, 5.41) is 23.6. The van der Waals surface area contributed by atoms with Gasteiger partial charge in [-0.25, -0.2) is 29.0 Å². The van der Waals surface area contributed by atoms with Gasteiger partial charge in [0, 0.05) is 71.6 Å². The van der Waals surface area contributed by atoms with E-state index in [1.54, 1.807) is 38.5 Å². The van der Waals surface area contributed by atoms with Crippen LogP contribution in [0.5, 0.6) is 11.5 Å². The molecule has 108 heavy (non-hydrogen) atoms. The van der Waals surface area contributed by atoms with Crippen LogP contribution in [0.2, 0.25) is 51.4 Å². The Labute approximate surface area is 632 Å². The minimum atomic E-state index is -1.85. The molecule has 8 rings (SSSR count). The van der Waals surface area contributed by atoms with Crippen LogP contribution < -0.4 is 52.9 Å². The number of nitrogens with one attached hydrogen (secondary N) is 7. The van der Waals surface area contributed by atoms with Crippen molar-refractivity contribution in [3.05, 3.63) is 180 Å². The highest BCUT2D eigenvalue weighted by Crippen LogP contribution is 2.51. The van der Waals surface area contributed by atoms with E-state index in [4.69, 9.17) is 37.5 Å². The minimum Gasteiger partial charge on any atom is -0.497 e. The van der Waals surface area contributed by atoms with Gasteiger partial charge in [-0.05, 0) is 124 Å². The van der Waals surface area contributed by atoms with Crippen LogP contribution in [-0.4, -0.2) is 164 Å². The zero-order valence-electron chi connectivity index (χ0n) is 63.6. The number of methoxy groups -OCH3 is 2. The predicted molar refractivity (Wildman–Crippen MR) is 416 cm³/mol. The van der Waals surface area contributed by atoms with E-state index in [0.717, 1.165) is 22.7 Å². The Morgan fingerprint density at radius 2 is 1.35 bits per heavy atom. The van der Waals surface area contributed by atoms with Crippen molar-refractivity contribution in [3.63, 3.8) is 0 Å². The molecule has 29 nitrogen and oxygen atoms in total. The third-order valence-electron chi connectivity index (χ3n) is 17.7. The molecule has 0 radical (unpaired) electrons. The number of benzene rings is 4. The first-order valence-corrected chi connectivity index (χ1v) is 44.9. The summed E-state index contributed by atoms with van der Waals surface area (Å²) in [6.45, 7) is 22.1. The Bertz CT molecular complexity index is 4310. The number of hydrogen-bond acceptors (Lipinski definition) is 22. The average Bonchev–Trinajstić information content (AvgIpc) is 0.801. The number of amides is 4. The number of aromatic amines is 2. The maximum absolute atomic E-state index is 13.9. The second-order valence-electron chi connectivity index (χ2n) is 29.1. The lowest BCUT2D eigenvalue weighted by Gasteiger charge is -2.39. The maximum atomic E-state index is 13.9. The molecule has 1 aliphatic rings. The molecule has 0 bridgehead atoms. The van der Waals surface area contributed by atoms with Crippen molar-refractivity contribution in [1.29, 1.82) is 5.26 Å². The van der Waals surface area contributed by atoms with Crippen molar-refractivity contribution < 1.29 is 61.4 Å². The Kier molecular flexibility index (Phi) is 31.2. The second-order valence-corrected chi connectivity index (χ2v) is 41.7. The number of fused-ring (bicyclic) bond motifs is 1. The fourth-order valence-corrected chi connectivity index (χ4v) is 15.0. The number of ether oxygens (including phenoxy) is 6. The Hall–Kier alpha value is -9.52. The van der Waals surface area contributed by atoms with Gasteiger partial charge in [0.25, 0.3) is 31.5 Å². The largest absolute Gasteiger partial charge is 0.497 e. The topological polar surface area (TPSA) is 373 Å². The molecule has 1 fully saturated rings. The molecule has 4 aromatic carbocycles. The molecule has 32 heteroatoms. The summed E-state index contributed by atoms with van der Waals surface area (Å²) < 4.78 is 52.9. The molecular formula is C76H102N13O16PSi2. The molecule has 5 atom stereocenters. The predicted octanol–water partition coefficient (Wildman–Crippen LogP) is 10.9.